The van der Waals surface area contributed by atoms with Crippen LogP contribution in [0.4, 0.5) is 31.1 Å². The topological polar surface area (TPSA) is 38.3 Å². The zero-order valence-corrected chi connectivity index (χ0v) is 11.5. The Bertz CT molecular complexity index is 525. The normalized spacial score (nSPS) is 19.0. The lowest BCUT2D eigenvalue weighted by Gasteiger charge is -2.25. The van der Waals surface area contributed by atoms with Gasteiger partial charge in [0.2, 0.25) is 0 Å². The molecule has 0 spiro atoms. The molecule has 1 aromatic carbocycles. The van der Waals surface area contributed by atoms with Gasteiger partial charge < -0.3 is 10.1 Å². The van der Waals surface area contributed by atoms with Crippen molar-refractivity contribution in [2.24, 2.45) is 0 Å². The maximum atomic E-state index is 12.7. The summed E-state index contributed by atoms with van der Waals surface area (Å²) in [6.07, 6.45) is -10.6. The number of halogens is 7. The number of rotatable bonds is 1. The minimum absolute atomic E-state index is 0. The Morgan fingerprint density at radius 1 is 1.00 bits per heavy atom. The number of carbonyl (C=O) groups excluding carboxylic acids is 1. The van der Waals surface area contributed by atoms with Crippen molar-refractivity contribution in [3.05, 3.63) is 34.9 Å². The molecule has 0 bridgehead atoms. The summed E-state index contributed by atoms with van der Waals surface area (Å²) in [6, 6.07) is 0.302. The fraction of sp³-hybridized carbons (Fsp3) is 0.417. The highest BCUT2D eigenvalue weighted by Crippen LogP contribution is 2.38. The second-order valence-electron chi connectivity index (χ2n) is 4.46. The molecular formula is C12H10ClF6NO2. The second kappa shape index (κ2) is 6.23. The molecule has 0 unspecified atom stereocenters. The number of cyclic esters (lactones) is 1. The molecule has 1 N–H and O–H groups in total. The fourth-order valence-corrected chi connectivity index (χ4v) is 1.96. The predicted molar refractivity (Wildman–Crippen MR) is 65.5 cm³/mol. The van der Waals surface area contributed by atoms with Crippen molar-refractivity contribution >= 4 is 18.5 Å². The van der Waals surface area contributed by atoms with Crippen LogP contribution in [0.15, 0.2) is 18.2 Å². The summed E-state index contributed by atoms with van der Waals surface area (Å²) in [6.45, 7) is -0.0753. The summed E-state index contributed by atoms with van der Waals surface area (Å²) in [5.74, 6) is 0. The highest BCUT2D eigenvalue weighted by Gasteiger charge is 2.38. The van der Waals surface area contributed by atoms with Crippen molar-refractivity contribution in [2.45, 2.75) is 24.8 Å². The van der Waals surface area contributed by atoms with Gasteiger partial charge in [-0.25, -0.2) is 4.79 Å². The smallest absolute Gasteiger partial charge is 0.416 e. The lowest BCUT2D eigenvalue weighted by Crippen LogP contribution is -2.35. The van der Waals surface area contributed by atoms with Gasteiger partial charge in [0.15, 0.2) is 0 Å². The van der Waals surface area contributed by atoms with Crippen molar-refractivity contribution in [1.29, 1.82) is 0 Å². The third kappa shape index (κ3) is 4.19. The van der Waals surface area contributed by atoms with Crippen LogP contribution in [-0.4, -0.2) is 12.7 Å². The van der Waals surface area contributed by atoms with Gasteiger partial charge in [-0.1, -0.05) is 0 Å². The lowest BCUT2D eigenvalue weighted by atomic mass is 9.97. The van der Waals surface area contributed by atoms with Gasteiger partial charge in [0.05, 0.1) is 23.8 Å². The molecule has 10 heteroatoms. The molecule has 0 radical (unpaired) electrons. The minimum atomic E-state index is -4.91. The maximum absolute atomic E-state index is 12.7. The Hall–Kier alpha value is -1.64. The third-order valence-corrected chi connectivity index (χ3v) is 2.94. The average molecular weight is 350 g/mol. The Kier molecular flexibility index (Phi) is 5.21. The number of alkyl halides is 6. The van der Waals surface area contributed by atoms with Gasteiger partial charge in [0.25, 0.3) is 0 Å². The zero-order chi connectivity index (χ0) is 15.8. The first-order valence-electron chi connectivity index (χ1n) is 5.80. The molecular weight excluding hydrogens is 340 g/mol. The van der Waals surface area contributed by atoms with E-state index in [0.717, 1.165) is 0 Å². The Labute approximate surface area is 127 Å². The van der Waals surface area contributed by atoms with Crippen molar-refractivity contribution in [3.63, 3.8) is 0 Å². The summed E-state index contributed by atoms with van der Waals surface area (Å²) < 4.78 is 80.7. The van der Waals surface area contributed by atoms with Crippen LogP contribution < -0.4 is 5.32 Å². The van der Waals surface area contributed by atoms with Gasteiger partial charge in [-0.05, 0) is 23.8 Å². The van der Waals surface area contributed by atoms with E-state index in [9.17, 15) is 31.1 Å². The number of amides is 1. The highest BCUT2D eigenvalue weighted by molar-refractivity contribution is 5.85. The molecule has 1 amide bonds. The number of hydrogen-bond donors (Lipinski definition) is 1. The lowest BCUT2D eigenvalue weighted by molar-refractivity contribution is -0.143. The molecule has 1 heterocycles. The third-order valence-electron chi connectivity index (χ3n) is 2.94. The van der Waals surface area contributed by atoms with Gasteiger partial charge in [-0.3, -0.25) is 0 Å². The molecule has 1 aliphatic heterocycles. The summed E-state index contributed by atoms with van der Waals surface area (Å²) in [7, 11) is 0. The van der Waals surface area contributed by atoms with E-state index in [1.807, 2.05) is 0 Å². The predicted octanol–water partition coefficient (Wildman–Crippen LogP) is 4.32. The van der Waals surface area contributed by atoms with Crippen LogP contribution in [0.2, 0.25) is 0 Å². The van der Waals surface area contributed by atoms with Gasteiger partial charge in [0, 0.05) is 6.42 Å². The van der Waals surface area contributed by atoms with E-state index in [2.05, 4.69) is 10.1 Å². The van der Waals surface area contributed by atoms with Crippen LogP contribution in [0.1, 0.15) is 29.2 Å². The van der Waals surface area contributed by atoms with E-state index >= 15 is 0 Å². The van der Waals surface area contributed by atoms with E-state index in [4.69, 9.17) is 0 Å². The molecule has 1 aliphatic rings. The van der Waals surface area contributed by atoms with Gasteiger partial charge in [0.1, 0.15) is 0 Å². The Balaban J connectivity index is 0.00000242. The molecule has 1 fully saturated rings. The Morgan fingerprint density at radius 2 is 1.50 bits per heavy atom. The summed E-state index contributed by atoms with van der Waals surface area (Å²) >= 11 is 0. The molecule has 3 nitrogen and oxygen atoms in total. The minimum Gasteiger partial charge on any atom is -0.449 e. The highest BCUT2D eigenvalue weighted by atomic mass is 35.5. The molecule has 2 rings (SSSR count). The molecule has 0 saturated carbocycles. The monoisotopic (exact) mass is 349 g/mol. The number of benzene rings is 1. The first kappa shape index (κ1) is 18.4. The largest absolute Gasteiger partial charge is 0.449 e. The number of hydrogen-bond acceptors (Lipinski definition) is 2. The van der Waals surface area contributed by atoms with Crippen molar-refractivity contribution in [1.82, 2.24) is 5.32 Å². The van der Waals surface area contributed by atoms with E-state index < -0.39 is 35.6 Å². The molecule has 1 atom stereocenters. The zero-order valence-electron chi connectivity index (χ0n) is 10.7. The number of carbonyl (C=O) groups is 1. The SMILES string of the molecule is Cl.O=C1N[C@H](c2cc(C(F)(F)F)cc(C(F)(F)F)c2)CCO1. The summed E-state index contributed by atoms with van der Waals surface area (Å²) in [4.78, 5) is 11.0. The van der Waals surface area contributed by atoms with Crippen LogP contribution >= 0.6 is 12.4 Å². The molecule has 0 aliphatic carbocycles. The first-order valence-corrected chi connectivity index (χ1v) is 5.80. The maximum Gasteiger partial charge on any atom is 0.416 e. The van der Waals surface area contributed by atoms with Gasteiger partial charge in [-0.15, -0.1) is 12.4 Å². The number of nitrogens with one attached hydrogen (secondary N) is 1. The Morgan fingerprint density at radius 3 is 1.91 bits per heavy atom. The molecule has 0 aromatic heterocycles. The van der Waals surface area contributed by atoms with Crippen molar-refractivity contribution in [3.8, 4) is 0 Å². The number of ether oxygens (including phenoxy) is 1. The fourth-order valence-electron chi connectivity index (χ4n) is 1.96. The van der Waals surface area contributed by atoms with E-state index in [0.29, 0.717) is 12.1 Å². The first-order chi connectivity index (χ1) is 9.57. The summed E-state index contributed by atoms with van der Waals surface area (Å²) in [5, 5.41) is 2.19. The van der Waals surface area contributed by atoms with Crippen LogP contribution in [0.25, 0.3) is 0 Å². The van der Waals surface area contributed by atoms with E-state index in [-0.39, 0.29) is 37.1 Å². The molecule has 1 aromatic rings. The number of alkyl carbamates (subject to hydrolysis) is 1. The van der Waals surface area contributed by atoms with Gasteiger partial charge in [-0.2, -0.15) is 26.3 Å². The molecule has 1 saturated heterocycles. The van der Waals surface area contributed by atoms with E-state index in [1.165, 1.54) is 0 Å². The standard InChI is InChI=1S/C12H9F6NO2.ClH/c13-11(14,15)7-3-6(4-8(5-7)12(16,17)18)9-1-2-21-10(20)19-9;/h3-5,9H,1-2H2,(H,19,20);1H/t9-;/m0./s1. The second-order valence-corrected chi connectivity index (χ2v) is 4.46. The van der Waals surface area contributed by atoms with Crippen LogP contribution in [-0.2, 0) is 17.1 Å². The van der Waals surface area contributed by atoms with Crippen LogP contribution in [0.5, 0.6) is 0 Å². The van der Waals surface area contributed by atoms with Crippen molar-refractivity contribution in [2.75, 3.05) is 6.61 Å². The van der Waals surface area contributed by atoms with Crippen LogP contribution in [0.3, 0.4) is 0 Å². The van der Waals surface area contributed by atoms with Crippen LogP contribution in [0, 0.1) is 0 Å². The quantitative estimate of drug-likeness (QED) is 0.767. The van der Waals surface area contributed by atoms with E-state index in [1.54, 1.807) is 0 Å². The average Bonchev–Trinajstić information content (AvgIpc) is 2.36. The molecule has 22 heavy (non-hydrogen) atoms. The van der Waals surface area contributed by atoms with Crippen molar-refractivity contribution < 1.29 is 35.9 Å². The summed E-state index contributed by atoms with van der Waals surface area (Å²) in [5.41, 5.74) is -3.07. The van der Waals surface area contributed by atoms with Gasteiger partial charge >= 0.3 is 18.4 Å². The molecule has 124 valence electrons.